The van der Waals surface area contributed by atoms with Gasteiger partial charge in [0.2, 0.25) is 0 Å². The number of aromatic nitrogens is 2. The van der Waals surface area contributed by atoms with Gasteiger partial charge < -0.3 is 20.5 Å². The van der Waals surface area contributed by atoms with Crippen molar-refractivity contribution in [3.05, 3.63) is 65.3 Å². The van der Waals surface area contributed by atoms with E-state index >= 15 is 0 Å². The standard InChI is InChI=1S/C24H22F2N4O4S/c25-23(26)34-19-11-4-2-8-15(19)21(31)29-17(10-5-6-12-33-24(27)32)22-30-18-13-28-16-9-3-1-7-14(16)20(18)35-22/h1-4,7-9,11,13,17,23H,5-6,10,12H2,(H2,27,32)(H,29,31). The van der Waals surface area contributed by atoms with E-state index in [4.69, 9.17) is 15.5 Å². The smallest absolute Gasteiger partial charge is 0.404 e. The van der Waals surface area contributed by atoms with Crippen molar-refractivity contribution in [3.8, 4) is 5.75 Å². The SMILES string of the molecule is NC(=O)OCCCCC(NC(=O)c1ccccc1OC(F)F)c1nc2cnc3ccccc3c2s1. The largest absolute Gasteiger partial charge is 0.450 e. The number of ether oxygens (including phenoxy) is 2. The predicted octanol–water partition coefficient (Wildman–Crippen LogP) is 5.18. The van der Waals surface area contributed by atoms with Crippen molar-refractivity contribution in [3.63, 3.8) is 0 Å². The fourth-order valence-electron chi connectivity index (χ4n) is 3.66. The number of nitrogens with one attached hydrogen (secondary N) is 1. The highest BCUT2D eigenvalue weighted by atomic mass is 32.1. The topological polar surface area (TPSA) is 116 Å². The molecule has 182 valence electrons. The van der Waals surface area contributed by atoms with Gasteiger partial charge in [0, 0.05) is 5.39 Å². The van der Waals surface area contributed by atoms with E-state index in [9.17, 15) is 18.4 Å². The van der Waals surface area contributed by atoms with Gasteiger partial charge in [-0.15, -0.1) is 11.3 Å². The number of benzene rings is 2. The van der Waals surface area contributed by atoms with Crippen LogP contribution in [-0.4, -0.2) is 35.2 Å². The van der Waals surface area contributed by atoms with Crippen molar-refractivity contribution in [1.29, 1.82) is 0 Å². The van der Waals surface area contributed by atoms with E-state index in [0.29, 0.717) is 29.8 Å². The Balaban J connectivity index is 1.61. The molecule has 0 radical (unpaired) electrons. The summed E-state index contributed by atoms with van der Waals surface area (Å²) in [5, 5.41) is 4.50. The van der Waals surface area contributed by atoms with Crippen LogP contribution in [0.3, 0.4) is 0 Å². The number of carbonyl (C=O) groups is 2. The fourth-order valence-corrected chi connectivity index (χ4v) is 4.81. The maximum atomic E-state index is 13.1. The zero-order valence-electron chi connectivity index (χ0n) is 18.4. The molecule has 2 aromatic carbocycles. The molecule has 0 saturated carbocycles. The first kappa shape index (κ1) is 24.3. The van der Waals surface area contributed by atoms with Crippen LogP contribution >= 0.6 is 11.3 Å². The van der Waals surface area contributed by atoms with E-state index in [-0.39, 0.29) is 17.9 Å². The Morgan fingerprint density at radius 3 is 2.63 bits per heavy atom. The second-order valence-corrected chi connectivity index (χ2v) is 8.64. The van der Waals surface area contributed by atoms with Gasteiger partial charge >= 0.3 is 12.7 Å². The minimum atomic E-state index is -3.06. The number of fused-ring (bicyclic) bond motifs is 3. The predicted molar refractivity (Wildman–Crippen MR) is 128 cm³/mol. The first-order chi connectivity index (χ1) is 16.9. The first-order valence-electron chi connectivity index (χ1n) is 10.8. The van der Waals surface area contributed by atoms with Crippen LogP contribution in [0.2, 0.25) is 0 Å². The number of alkyl halides is 2. The van der Waals surface area contributed by atoms with E-state index in [1.165, 1.54) is 29.5 Å². The summed E-state index contributed by atoms with van der Waals surface area (Å²) in [6, 6.07) is 13.0. The third-order valence-corrected chi connectivity index (χ3v) is 6.45. The number of amides is 2. The Labute approximate surface area is 203 Å². The van der Waals surface area contributed by atoms with Gasteiger partial charge in [-0.2, -0.15) is 8.78 Å². The molecule has 35 heavy (non-hydrogen) atoms. The lowest BCUT2D eigenvalue weighted by molar-refractivity contribution is -0.0501. The first-order valence-corrected chi connectivity index (χ1v) is 11.6. The maximum Gasteiger partial charge on any atom is 0.404 e. The van der Waals surface area contributed by atoms with E-state index in [1.807, 2.05) is 24.3 Å². The van der Waals surface area contributed by atoms with Crippen molar-refractivity contribution in [2.75, 3.05) is 6.61 Å². The zero-order valence-corrected chi connectivity index (χ0v) is 19.3. The van der Waals surface area contributed by atoms with Gasteiger partial charge in [-0.1, -0.05) is 30.3 Å². The van der Waals surface area contributed by atoms with Crippen LogP contribution in [0, 0.1) is 0 Å². The Hall–Kier alpha value is -3.86. The number of nitrogens with two attached hydrogens (primary N) is 1. The molecule has 2 aromatic heterocycles. The van der Waals surface area contributed by atoms with Crippen LogP contribution in [0.25, 0.3) is 21.1 Å². The van der Waals surface area contributed by atoms with E-state index in [0.717, 1.165) is 15.6 Å². The Kier molecular flexibility index (Phi) is 7.66. The molecule has 2 heterocycles. The quantitative estimate of drug-likeness (QED) is 0.290. The Bertz CT molecular complexity index is 1350. The number of para-hydroxylation sites is 2. The van der Waals surface area contributed by atoms with Gasteiger partial charge in [0.05, 0.1) is 34.6 Å². The van der Waals surface area contributed by atoms with E-state index in [1.54, 1.807) is 12.3 Å². The average molecular weight is 501 g/mol. The second-order valence-electron chi connectivity index (χ2n) is 7.61. The summed E-state index contributed by atoms with van der Waals surface area (Å²) < 4.78 is 35.9. The fraction of sp³-hybridized carbons (Fsp3) is 0.250. The number of thiazole rings is 1. The van der Waals surface area contributed by atoms with E-state index in [2.05, 4.69) is 15.0 Å². The number of hydrogen-bond donors (Lipinski definition) is 2. The summed E-state index contributed by atoms with van der Waals surface area (Å²) in [6.07, 6.45) is 2.41. The van der Waals surface area contributed by atoms with Crippen LogP contribution in [0.4, 0.5) is 13.6 Å². The molecular weight excluding hydrogens is 478 g/mol. The van der Waals surface area contributed by atoms with Gasteiger partial charge in [0.25, 0.3) is 5.91 Å². The highest BCUT2D eigenvalue weighted by Crippen LogP contribution is 2.33. The van der Waals surface area contributed by atoms with Gasteiger partial charge in [-0.3, -0.25) is 9.78 Å². The summed E-state index contributed by atoms with van der Waals surface area (Å²) in [6.45, 7) is -2.91. The lowest BCUT2D eigenvalue weighted by Gasteiger charge is -2.18. The average Bonchev–Trinajstić information content (AvgIpc) is 3.27. The number of rotatable bonds is 10. The minimum Gasteiger partial charge on any atom is -0.450 e. The molecule has 0 bridgehead atoms. The van der Waals surface area contributed by atoms with Crippen LogP contribution in [-0.2, 0) is 4.74 Å². The molecule has 1 atom stereocenters. The lowest BCUT2D eigenvalue weighted by atomic mass is 10.1. The maximum absolute atomic E-state index is 13.1. The molecule has 0 saturated heterocycles. The Morgan fingerprint density at radius 2 is 1.83 bits per heavy atom. The molecule has 0 spiro atoms. The number of pyridine rings is 1. The molecule has 4 rings (SSSR count). The van der Waals surface area contributed by atoms with Crippen molar-refractivity contribution in [2.45, 2.75) is 31.9 Å². The summed E-state index contributed by atoms with van der Waals surface area (Å²) in [7, 11) is 0. The van der Waals surface area contributed by atoms with Gasteiger partial charge in [0.1, 0.15) is 16.3 Å². The number of primary amides is 1. The van der Waals surface area contributed by atoms with Crippen LogP contribution < -0.4 is 15.8 Å². The summed E-state index contributed by atoms with van der Waals surface area (Å²) in [4.78, 5) is 33.0. The molecule has 1 unspecified atom stereocenters. The Morgan fingerprint density at radius 1 is 1.06 bits per heavy atom. The molecule has 0 fully saturated rings. The molecule has 0 aliphatic carbocycles. The van der Waals surface area contributed by atoms with Crippen LogP contribution in [0.15, 0.2) is 54.7 Å². The van der Waals surface area contributed by atoms with Gasteiger partial charge in [-0.25, -0.2) is 9.78 Å². The number of hydrogen-bond acceptors (Lipinski definition) is 7. The minimum absolute atomic E-state index is 0.0110. The molecule has 0 aliphatic heterocycles. The summed E-state index contributed by atoms with van der Waals surface area (Å²) in [5.41, 5.74) is 6.51. The van der Waals surface area contributed by atoms with Crippen molar-refractivity contribution in [2.24, 2.45) is 5.73 Å². The zero-order chi connectivity index (χ0) is 24.8. The van der Waals surface area contributed by atoms with Gasteiger partial charge in [-0.05, 0) is 37.5 Å². The van der Waals surface area contributed by atoms with Crippen LogP contribution in [0.5, 0.6) is 5.75 Å². The monoisotopic (exact) mass is 500 g/mol. The molecule has 11 heteroatoms. The van der Waals surface area contributed by atoms with E-state index < -0.39 is 24.7 Å². The normalized spacial score (nSPS) is 12.1. The highest BCUT2D eigenvalue weighted by Gasteiger charge is 2.23. The summed E-state index contributed by atoms with van der Waals surface area (Å²) in [5.74, 6) is -0.782. The molecule has 2 amide bonds. The third-order valence-electron chi connectivity index (χ3n) is 5.23. The van der Waals surface area contributed by atoms with Crippen molar-refractivity contribution < 1.29 is 27.8 Å². The number of unbranched alkanes of at least 4 members (excludes halogenated alkanes) is 1. The molecule has 3 N–H and O–H groups in total. The van der Waals surface area contributed by atoms with Crippen LogP contribution in [0.1, 0.15) is 40.7 Å². The van der Waals surface area contributed by atoms with Crippen molar-refractivity contribution in [1.82, 2.24) is 15.3 Å². The lowest BCUT2D eigenvalue weighted by Crippen LogP contribution is -2.29. The number of carbonyl (C=O) groups excluding carboxylic acids is 2. The number of nitrogens with zero attached hydrogens (tertiary/aromatic N) is 2. The molecular formula is C24H22F2N4O4S. The summed E-state index contributed by atoms with van der Waals surface area (Å²) >= 11 is 1.43. The second kappa shape index (κ2) is 11.0. The molecule has 0 aliphatic rings. The third kappa shape index (κ3) is 5.99. The van der Waals surface area contributed by atoms with Crippen molar-refractivity contribution >= 4 is 44.5 Å². The number of halogens is 2. The molecule has 8 nitrogen and oxygen atoms in total. The highest BCUT2D eigenvalue weighted by molar-refractivity contribution is 7.19. The molecule has 4 aromatic rings. The van der Waals surface area contributed by atoms with Gasteiger partial charge in [0.15, 0.2) is 0 Å².